The molecule has 48 heavy (non-hydrogen) atoms. The summed E-state index contributed by atoms with van der Waals surface area (Å²) in [6, 6.07) is 5.75. The highest BCUT2D eigenvalue weighted by molar-refractivity contribution is 5.81. The van der Waals surface area contributed by atoms with Gasteiger partial charge in [-0.25, -0.2) is 5.43 Å². The summed E-state index contributed by atoms with van der Waals surface area (Å²) in [4.78, 5) is 37.1. The Hall–Kier alpha value is -4.57. The first kappa shape index (κ1) is 32.0. The zero-order valence-corrected chi connectivity index (χ0v) is 27.6. The summed E-state index contributed by atoms with van der Waals surface area (Å²) < 4.78 is 23.0. The lowest BCUT2D eigenvalue weighted by Crippen LogP contribution is -2.40. The number of ether oxygens (including phenoxy) is 4. The zero-order chi connectivity index (χ0) is 32.5. The van der Waals surface area contributed by atoms with Crippen molar-refractivity contribution in [1.29, 1.82) is 0 Å². The third-order valence-corrected chi connectivity index (χ3v) is 8.84. The molecule has 0 amide bonds. The van der Waals surface area contributed by atoms with Gasteiger partial charge in [0.25, 0.3) is 0 Å². The normalized spacial score (nSPS) is 19.1. The third-order valence-electron chi connectivity index (χ3n) is 8.84. The number of aromatic nitrogens is 6. The Morgan fingerprint density at radius 2 is 1.12 bits per heavy atom. The first-order valence-corrected chi connectivity index (χ1v) is 17.0. The van der Waals surface area contributed by atoms with Crippen LogP contribution in [0.2, 0.25) is 0 Å². The maximum atomic E-state index is 6.23. The second-order valence-corrected chi connectivity index (χ2v) is 12.2. The molecule has 3 aromatic rings. The van der Waals surface area contributed by atoms with Crippen LogP contribution in [0.15, 0.2) is 23.3 Å². The number of hydrogen-bond acceptors (Lipinski definition) is 16. The molecular weight excluding hydrogens is 616 g/mol. The van der Waals surface area contributed by atoms with Gasteiger partial charge >= 0.3 is 6.01 Å². The van der Waals surface area contributed by atoms with Crippen molar-refractivity contribution in [2.45, 2.75) is 38.5 Å². The smallest absolute Gasteiger partial charge is 0.328 e. The van der Waals surface area contributed by atoms with Crippen LogP contribution < -0.4 is 34.5 Å². The van der Waals surface area contributed by atoms with Crippen molar-refractivity contribution in [1.82, 2.24) is 29.9 Å². The molecular formula is C32H44N12O4. The lowest BCUT2D eigenvalue weighted by atomic mass is 10.1. The summed E-state index contributed by atoms with van der Waals surface area (Å²) in [6.45, 7) is 9.06. The van der Waals surface area contributed by atoms with E-state index in [1.165, 1.54) is 12.8 Å². The quantitative estimate of drug-likeness (QED) is 0.250. The fourth-order valence-electron chi connectivity index (χ4n) is 6.18. The maximum absolute atomic E-state index is 6.23. The van der Waals surface area contributed by atoms with E-state index >= 15 is 0 Å². The van der Waals surface area contributed by atoms with Crippen LogP contribution in [-0.2, 0) is 9.47 Å². The first-order valence-electron chi connectivity index (χ1n) is 17.0. The van der Waals surface area contributed by atoms with E-state index in [2.05, 4.69) is 40.1 Å². The van der Waals surface area contributed by atoms with E-state index in [0.29, 0.717) is 93.8 Å². The standard InChI is InChI=1S/C32H44N12O4/c1-45-26-22-24(23-33-40-27-34-28(41-10-4-2-5-11-41)36-29(35-27)42-12-6-3-7-13-42)8-9-25(26)48-32-38-30(43-14-18-46-19-15-43)37-31(39-32)44-16-20-47-21-17-44/h8-9,22-23H,2-7,10-21H2,1H3,(H,34,35,36,40)/b33-23+. The number of nitrogens with one attached hydrogen (secondary N) is 1. The fraction of sp³-hybridized carbons (Fsp3) is 0.594. The van der Waals surface area contributed by atoms with Crippen LogP contribution in [-0.4, -0.2) is 122 Å². The molecule has 1 aromatic carbocycles. The van der Waals surface area contributed by atoms with Gasteiger partial charge in [-0.3, -0.25) is 0 Å². The Kier molecular flexibility index (Phi) is 10.4. The molecule has 4 saturated heterocycles. The van der Waals surface area contributed by atoms with Crippen LogP contribution in [0, 0.1) is 0 Å². The highest BCUT2D eigenvalue weighted by atomic mass is 16.5. The average molecular weight is 661 g/mol. The molecule has 1 N–H and O–H groups in total. The molecule has 0 saturated carbocycles. The Balaban J connectivity index is 1.08. The van der Waals surface area contributed by atoms with Crippen LogP contribution >= 0.6 is 0 Å². The molecule has 256 valence electrons. The molecule has 16 heteroatoms. The van der Waals surface area contributed by atoms with Crippen molar-refractivity contribution in [2.75, 3.05) is 111 Å². The Morgan fingerprint density at radius 1 is 0.625 bits per heavy atom. The van der Waals surface area contributed by atoms with Gasteiger partial charge in [0.15, 0.2) is 11.5 Å². The second kappa shape index (κ2) is 15.6. The van der Waals surface area contributed by atoms with E-state index in [0.717, 1.165) is 57.4 Å². The Labute approximate surface area is 280 Å². The lowest BCUT2D eigenvalue weighted by Gasteiger charge is -2.30. The van der Waals surface area contributed by atoms with Crippen molar-refractivity contribution in [3.63, 3.8) is 0 Å². The number of hydrazone groups is 1. The van der Waals surface area contributed by atoms with Gasteiger partial charge < -0.3 is 38.5 Å². The predicted molar refractivity (Wildman–Crippen MR) is 182 cm³/mol. The van der Waals surface area contributed by atoms with E-state index in [1.807, 2.05) is 18.2 Å². The predicted octanol–water partition coefficient (Wildman–Crippen LogP) is 2.96. The Bertz CT molecular complexity index is 1460. The van der Waals surface area contributed by atoms with Gasteiger partial charge in [0.2, 0.25) is 29.7 Å². The molecule has 6 heterocycles. The summed E-state index contributed by atoms with van der Waals surface area (Å²) >= 11 is 0. The number of hydrogen-bond donors (Lipinski definition) is 1. The maximum Gasteiger partial charge on any atom is 0.328 e. The largest absolute Gasteiger partial charge is 0.493 e. The molecule has 0 aliphatic carbocycles. The van der Waals surface area contributed by atoms with Gasteiger partial charge in [0, 0.05) is 52.4 Å². The zero-order valence-electron chi connectivity index (χ0n) is 27.6. The van der Waals surface area contributed by atoms with Gasteiger partial charge in [-0.2, -0.15) is 35.0 Å². The first-order chi connectivity index (χ1) is 23.7. The van der Waals surface area contributed by atoms with E-state index in [9.17, 15) is 0 Å². The van der Waals surface area contributed by atoms with Crippen molar-refractivity contribution in [3.8, 4) is 17.5 Å². The SMILES string of the molecule is COc1cc(/C=N/Nc2nc(N3CCCCC3)nc(N3CCCCC3)n2)ccc1Oc1nc(N2CCOCC2)nc(N2CCOCC2)n1. The number of nitrogens with zero attached hydrogens (tertiary/aromatic N) is 11. The molecule has 0 radical (unpaired) electrons. The molecule has 4 aliphatic rings. The highest BCUT2D eigenvalue weighted by Gasteiger charge is 2.23. The minimum absolute atomic E-state index is 0.193. The molecule has 16 nitrogen and oxygen atoms in total. The number of rotatable bonds is 10. The Morgan fingerprint density at radius 3 is 1.65 bits per heavy atom. The number of benzene rings is 1. The number of morpholine rings is 2. The van der Waals surface area contributed by atoms with E-state index in [1.54, 1.807) is 13.3 Å². The van der Waals surface area contributed by atoms with Gasteiger partial charge in [-0.1, -0.05) is 0 Å². The molecule has 0 atom stereocenters. The summed E-state index contributed by atoms with van der Waals surface area (Å²) in [6.07, 6.45) is 8.75. The minimum atomic E-state index is 0.193. The molecule has 4 fully saturated rings. The van der Waals surface area contributed by atoms with Crippen LogP contribution in [0.25, 0.3) is 0 Å². The van der Waals surface area contributed by atoms with E-state index in [-0.39, 0.29) is 6.01 Å². The number of anilines is 5. The molecule has 7 rings (SSSR count). The van der Waals surface area contributed by atoms with E-state index < -0.39 is 0 Å². The van der Waals surface area contributed by atoms with Crippen LogP contribution in [0.5, 0.6) is 17.5 Å². The lowest BCUT2D eigenvalue weighted by molar-refractivity contribution is 0.121. The monoisotopic (exact) mass is 660 g/mol. The van der Waals surface area contributed by atoms with Crippen LogP contribution in [0.4, 0.5) is 29.7 Å². The summed E-state index contributed by atoms with van der Waals surface area (Å²) in [7, 11) is 1.60. The molecule has 2 aromatic heterocycles. The topological polar surface area (TPSA) is 152 Å². The molecule has 0 unspecified atom stereocenters. The van der Waals surface area contributed by atoms with Gasteiger partial charge in [0.05, 0.1) is 39.8 Å². The van der Waals surface area contributed by atoms with E-state index in [4.69, 9.17) is 38.9 Å². The summed E-state index contributed by atoms with van der Waals surface area (Å²) in [5, 5.41) is 4.47. The number of methoxy groups -OCH3 is 1. The summed E-state index contributed by atoms with van der Waals surface area (Å²) in [5.74, 6) is 3.95. The van der Waals surface area contributed by atoms with Gasteiger partial charge in [-0.15, -0.1) is 0 Å². The average Bonchev–Trinajstić information content (AvgIpc) is 3.16. The highest BCUT2D eigenvalue weighted by Crippen LogP contribution is 2.32. The van der Waals surface area contributed by atoms with Crippen molar-refractivity contribution < 1.29 is 18.9 Å². The molecule has 0 bridgehead atoms. The summed E-state index contributed by atoms with van der Waals surface area (Å²) in [5.41, 5.74) is 3.84. The van der Waals surface area contributed by atoms with Crippen molar-refractivity contribution in [3.05, 3.63) is 23.8 Å². The van der Waals surface area contributed by atoms with Gasteiger partial charge in [-0.05, 0) is 62.3 Å². The number of piperidine rings is 2. The third kappa shape index (κ3) is 7.93. The second-order valence-electron chi connectivity index (χ2n) is 12.2. The molecule has 0 spiro atoms. The molecule has 4 aliphatic heterocycles. The fourth-order valence-corrected chi connectivity index (χ4v) is 6.18. The minimum Gasteiger partial charge on any atom is -0.493 e. The van der Waals surface area contributed by atoms with Crippen molar-refractivity contribution in [2.24, 2.45) is 5.10 Å². The van der Waals surface area contributed by atoms with Crippen LogP contribution in [0.3, 0.4) is 0 Å². The van der Waals surface area contributed by atoms with Crippen molar-refractivity contribution >= 4 is 36.0 Å². The van der Waals surface area contributed by atoms with Gasteiger partial charge in [0.1, 0.15) is 0 Å². The van der Waals surface area contributed by atoms with Crippen LogP contribution in [0.1, 0.15) is 44.1 Å².